The highest BCUT2D eigenvalue weighted by atomic mass is 35.5. The summed E-state index contributed by atoms with van der Waals surface area (Å²) in [5.74, 6) is -1.04. The van der Waals surface area contributed by atoms with Gasteiger partial charge in [0, 0.05) is 11.6 Å². The van der Waals surface area contributed by atoms with Crippen molar-refractivity contribution in [2.75, 3.05) is 0 Å². The van der Waals surface area contributed by atoms with Gasteiger partial charge in [0.15, 0.2) is 0 Å². The van der Waals surface area contributed by atoms with Crippen LogP contribution in [0.15, 0.2) is 30.5 Å². The second-order valence-corrected chi connectivity index (χ2v) is 5.31. The van der Waals surface area contributed by atoms with E-state index in [1.807, 2.05) is 6.07 Å². The van der Waals surface area contributed by atoms with E-state index >= 15 is 0 Å². The first kappa shape index (κ1) is 14.3. The standard InChI is InChI=1S/C14H14ClN3O2/c1-14(2,13(16)20)18-12(19)10-7-17-11(15)9-6-4-3-5-8(9)10/h3-7H,1-2H3,(H2,16,20)(H,18,19). The number of hydrogen-bond acceptors (Lipinski definition) is 3. The monoisotopic (exact) mass is 291 g/mol. The van der Waals surface area contributed by atoms with Gasteiger partial charge >= 0.3 is 0 Å². The minimum Gasteiger partial charge on any atom is -0.368 e. The SMILES string of the molecule is CC(C)(NC(=O)c1cnc(Cl)c2ccccc12)C(N)=O. The van der Waals surface area contributed by atoms with Gasteiger partial charge in [-0.25, -0.2) is 4.98 Å². The second kappa shape index (κ2) is 5.09. The van der Waals surface area contributed by atoms with Gasteiger partial charge < -0.3 is 11.1 Å². The molecule has 0 aliphatic carbocycles. The summed E-state index contributed by atoms with van der Waals surface area (Å²) in [5, 5.41) is 4.26. The summed E-state index contributed by atoms with van der Waals surface area (Å²) < 4.78 is 0. The molecule has 0 saturated heterocycles. The summed E-state index contributed by atoms with van der Waals surface area (Å²) in [4.78, 5) is 27.6. The third-order valence-corrected chi connectivity index (χ3v) is 3.33. The third-order valence-electron chi connectivity index (χ3n) is 3.03. The van der Waals surface area contributed by atoms with Crippen molar-refractivity contribution in [3.05, 3.63) is 41.2 Å². The molecule has 1 aromatic carbocycles. The summed E-state index contributed by atoms with van der Waals surface area (Å²) in [6, 6.07) is 7.16. The van der Waals surface area contributed by atoms with Crippen molar-refractivity contribution < 1.29 is 9.59 Å². The van der Waals surface area contributed by atoms with Crippen LogP contribution >= 0.6 is 11.6 Å². The fourth-order valence-corrected chi connectivity index (χ4v) is 1.97. The Morgan fingerprint density at radius 1 is 1.25 bits per heavy atom. The van der Waals surface area contributed by atoms with Crippen LogP contribution in [0.1, 0.15) is 24.2 Å². The summed E-state index contributed by atoms with van der Waals surface area (Å²) in [5.41, 5.74) is 4.45. The van der Waals surface area contributed by atoms with Gasteiger partial charge in [0.2, 0.25) is 5.91 Å². The molecule has 2 aromatic rings. The number of amides is 2. The maximum atomic E-state index is 12.3. The molecule has 0 bridgehead atoms. The number of nitrogens with zero attached hydrogens (tertiary/aromatic N) is 1. The molecule has 3 N–H and O–H groups in total. The zero-order chi connectivity index (χ0) is 14.9. The number of benzene rings is 1. The van der Waals surface area contributed by atoms with E-state index in [9.17, 15) is 9.59 Å². The molecule has 0 atom stereocenters. The van der Waals surface area contributed by atoms with Gasteiger partial charge in [0.05, 0.1) is 5.56 Å². The molecule has 20 heavy (non-hydrogen) atoms. The minimum absolute atomic E-state index is 0.325. The Morgan fingerprint density at radius 2 is 1.85 bits per heavy atom. The lowest BCUT2D eigenvalue weighted by atomic mass is 10.0. The van der Waals surface area contributed by atoms with Crippen LogP contribution in [0.3, 0.4) is 0 Å². The lowest BCUT2D eigenvalue weighted by Crippen LogP contribution is -2.53. The van der Waals surface area contributed by atoms with Gasteiger partial charge in [0.1, 0.15) is 10.7 Å². The maximum absolute atomic E-state index is 12.3. The average molecular weight is 292 g/mol. The largest absolute Gasteiger partial charge is 0.368 e. The van der Waals surface area contributed by atoms with Crippen molar-refractivity contribution in [3.63, 3.8) is 0 Å². The number of nitrogens with two attached hydrogens (primary N) is 1. The van der Waals surface area contributed by atoms with E-state index in [1.165, 1.54) is 6.20 Å². The molecule has 0 radical (unpaired) electrons. The van der Waals surface area contributed by atoms with E-state index in [0.29, 0.717) is 21.5 Å². The second-order valence-electron chi connectivity index (χ2n) is 4.95. The molecule has 5 nitrogen and oxygen atoms in total. The van der Waals surface area contributed by atoms with Crippen molar-refractivity contribution in [3.8, 4) is 0 Å². The highest BCUT2D eigenvalue weighted by Gasteiger charge is 2.28. The van der Waals surface area contributed by atoms with Gasteiger partial charge in [-0.1, -0.05) is 35.9 Å². The van der Waals surface area contributed by atoms with Crippen molar-refractivity contribution in [2.24, 2.45) is 5.73 Å². The van der Waals surface area contributed by atoms with E-state index in [-0.39, 0.29) is 0 Å². The van der Waals surface area contributed by atoms with Gasteiger partial charge in [-0.3, -0.25) is 9.59 Å². The molecule has 104 valence electrons. The molecular weight excluding hydrogens is 278 g/mol. The van der Waals surface area contributed by atoms with Crippen LogP contribution in [0.25, 0.3) is 10.8 Å². The Kier molecular flexibility index (Phi) is 3.63. The molecule has 0 aliphatic rings. The van der Waals surface area contributed by atoms with Crippen molar-refractivity contribution >= 4 is 34.2 Å². The van der Waals surface area contributed by atoms with Crippen LogP contribution in [0.2, 0.25) is 5.15 Å². The fraction of sp³-hybridized carbons (Fsp3) is 0.214. The molecule has 0 spiro atoms. The van der Waals surface area contributed by atoms with E-state index < -0.39 is 17.4 Å². The number of fused-ring (bicyclic) bond motifs is 1. The molecular formula is C14H14ClN3O2. The molecule has 2 rings (SSSR count). The van der Waals surface area contributed by atoms with Crippen LogP contribution in [0, 0.1) is 0 Å². The summed E-state index contributed by atoms with van der Waals surface area (Å²) in [7, 11) is 0. The zero-order valence-corrected chi connectivity index (χ0v) is 11.9. The highest BCUT2D eigenvalue weighted by molar-refractivity contribution is 6.34. The van der Waals surface area contributed by atoms with Crippen molar-refractivity contribution in [1.82, 2.24) is 10.3 Å². The molecule has 6 heteroatoms. The van der Waals surface area contributed by atoms with Gasteiger partial charge in [0.25, 0.3) is 5.91 Å². The van der Waals surface area contributed by atoms with E-state index in [0.717, 1.165) is 0 Å². The third kappa shape index (κ3) is 2.58. The first-order chi connectivity index (χ1) is 9.33. The van der Waals surface area contributed by atoms with E-state index in [2.05, 4.69) is 10.3 Å². The average Bonchev–Trinajstić information content (AvgIpc) is 2.38. The molecule has 0 aliphatic heterocycles. The van der Waals surface area contributed by atoms with Crippen LogP contribution in [0.5, 0.6) is 0 Å². The summed E-state index contributed by atoms with van der Waals surface area (Å²) >= 11 is 6.00. The minimum atomic E-state index is -1.14. The zero-order valence-electron chi connectivity index (χ0n) is 11.1. The quantitative estimate of drug-likeness (QED) is 0.847. The number of rotatable bonds is 3. The number of halogens is 1. The van der Waals surface area contributed by atoms with Crippen molar-refractivity contribution in [1.29, 1.82) is 0 Å². The molecule has 0 unspecified atom stereocenters. The van der Waals surface area contributed by atoms with E-state index in [1.54, 1.807) is 32.0 Å². The van der Waals surface area contributed by atoms with Gasteiger partial charge in [-0.05, 0) is 19.2 Å². The molecule has 2 amide bonds. The number of pyridine rings is 1. The number of carbonyl (C=O) groups excluding carboxylic acids is 2. The fourth-order valence-electron chi connectivity index (χ4n) is 1.75. The van der Waals surface area contributed by atoms with Crippen LogP contribution in [0.4, 0.5) is 0 Å². The highest BCUT2D eigenvalue weighted by Crippen LogP contribution is 2.24. The Balaban J connectivity index is 2.46. The predicted octanol–water partition coefficient (Wildman–Crippen LogP) is 1.88. The number of nitrogens with one attached hydrogen (secondary N) is 1. The number of carbonyl (C=O) groups is 2. The first-order valence-electron chi connectivity index (χ1n) is 5.98. The van der Waals surface area contributed by atoms with Crippen LogP contribution < -0.4 is 11.1 Å². The molecule has 0 fully saturated rings. The normalized spacial score (nSPS) is 11.3. The number of primary amides is 1. The van der Waals surface area contributed by atoms with Crippen LogP contribution in [-0.4, -0.2) is 22.3 Å². The maximum Gasteiger partial charge on any atom is 0.254 e. The first-order valence-corrected chi connectivity index (χ1v) is 6.36. The topological polar surface area (TPSA) is 85.1 Å². The molecule has 1 aromatic heterocycles. The van der Waals surface area contributed by atoms with E-state index in [4.69, 9.17) is 17.3 Å². The Labute approximate surface area is 121 Å². The molecule has 1 heterocycles. The Hall–Kier alpha value is -2.14. The lowest BCUT2D eigenvalue weighted by Gasteiger charge is -2.22. The summed E-state index contributed by atoms with van der Waals surface area (Å²) in [6.07, 6.45) is 1.39. The number of aromatic nitrogens is 1. The lowest BCUT2D eigenvalue weighted by molar-refractivity contribution is -0.122. The Bertz CT molecular complexity index is 698. The van der Waals surface area contributed by atoms with Crippen LogP contribution in [-0.2, 0) is 4.79 Å². The predicted molar refractivity (Wildman–Crippen MR) is 77.5 cm³/mol. The number of hydrogen-bond donors (Lipinski definition) is 2. The molecule has 0 saturated carbocycles. The van der Waals surface area contributed by atoms with Crippen molar-refractivity contribution in [2.45, 2.75) is 19.4 Å². The van der Waals surface area contributed by atoms with Gasteiger partial charge in [-0.15, -0.1) is 0 Å². The Morgan fingerprint density at radius 3 is 2.45 bits per heavy atom. The summed E-state index contributed by atoms with van der Waals surface area (Å²) in [6.45, 7) is 3.08. The van der Waals surface area contributed by atoms with Gasteiger partial charge in [-0.2, -0.15) is 0 Å². The smallest absolute Gasteiger partial charge is 0.254 e.